The van der Waals surface area contributed by atoms with Gasteiger partial charge in [0.25, 0.3) is 0 Å². The Morgan fingerprint density at radius 1 is 1.26 bits per heavy atom. The van der Waals surface area contributed by atoms with Crippen molar-refractivity contribution in [3.8, 4) is 0 Å². The van der Waals surface area contributed by atoms with Crippen LogP contribution >= 0.6 is 11.8 Å². The summed E-state index contributed by atoms with van der Waals surface area (Å²) in [7, 11) is 3.62. The van der Waals surface area contributed by atoms with Crippen molar-refractivity contribution in [2.75, 3.05) is 26.4 Å². The number of carboxylic acid groups (broad SMARTS) is 1. The smallest absolute Gasteiger partial charge is 0.331 e. The van der Waals surface area contributed by atoms with Gasteiger partial charge in [-0.1, -0.05) is 40.7 Å². The van der Waals surface area contributed by atoms with Crippen LogP contribution in [0.1, 0.15) is 55.4 Å². The molecule has 8 heteroatoms. The third kappa shape index (κ3) is 6.97. The number of likely N-dealkylation sites (N-methyl/N-ethyl adjacent to an activating group) is 2. The van der Waals surface area contributed by atoms with Gasteiger partial charge in [-0.2, -0.15) is 11.8 Å². The van der Waals surface area contributed by atoms with E-state index < -0.39 is 23.5 Å². The first kappa shape index (κ1) is 27.5. The summed E-state index contributed by atoms with van der Waals surface area (Å²) < 4.78 is -0.268. The van der Waals surface area contributed by atoms with Gasteiger partial charge in [-0.15, -0.1) is 0 Å². The van der Waals surface area contributed by atoms with E-state index in [9.17, 15) is 19.5 Å². The maximum Gasteiger partial charge on any atom is 0.331 e. The summed E-state index contributed by atoms with van der Waals surface area (Å²) >= 11 is 1.77. The van der Waals surface area contributed by atoms with Gasteiger partial charge in [0.1, 0.15) is 12.1 Å². The normalized spacial score (nSPS) is 22.0. The Kier molecular flexibility index (Phi) is 9.21. The highest BCUT2D eigenvalue weighted by molar-refractivity contribution is 8.00. The molecule has 1 saturated heterocycles. The van der Waals surface area contributed by atoms with E-state index in [0.717, 1.165) is 12.3 Å². The molecule has 1 fully saturated rings. The van der Waals surface area contributed by atoms with Gasteiger partial charge < -0.3 is 15.3 Å². The minimum absolute atomic E-state index is 0.0133. The third-order valence-electron chi connectivity index (χ3n) is 5.90. The topological polar surface area (TPSA) is 90.0 Å². The molecule has 0 aromatic rings. The van der Waals surface area contributed by atoms with Gasteiger partial charge in [0.2, 0.25) is 11.8 Å². The molecule has 0 radical (unpaired) electrons. The molecule has 2 N–H and O–H groups in total. The van der Waals surface area contributed by atoms with Gasteiger partial charge >= 0.3 is 5.97 Å². The number of amides is 2. The van der Waals surface area contributed by atoms with Crippen LogP contribution in [0, 0.1) is 11.3 Å². The molecule has 1 aliphatic rings. The van der Waals surface area contributed by atoms with Gasteiger partial charge in [-0.25, -0.2) is 4.79 Å². The number of hydrogen-bond donors (Lipinski definition) is 2. The molecule has 0 bridgehead atoms. The zero-order chi connectivity index (χ0) is 24.3. The van der Waals surface area contributed by atoms with Gasteiger partial charge in [0, 0.05) is 29.7 Å². The quantitative estimate of drug-likeness (QED) is 0.574. The molecule has 3 atom stereocenters. The summed E-state index contributed by atoms with van der Waals surface area (Å²) in [6.45, 7) is 16.1. The fourth-order valence-electron chi connectivity index (χ4n) is 4.01. The van der Waals surface area contributed by atoms with Crippen molar-refractivity contribution < 1.29 is 19.5 Å². The van der Waals surface area contributed by atoms with Crippen LogP contribution < -0.4 is 5.32 Å². The van der Waals surface area contributed by atoms with E-state index >= 15 is 0 Å². The lowest BCUT2D eigenvalue weighted by Crippen LogP contribution is -2.63. The lowest BCUT2D eigenvalue weighted by atomic mass is 9.84. The van der Waals surface area contributed by atoms with Crippen LogP contribution in [-0.2, 0) is 14.4 Å². The first-order chi connectivity index (χ1) is 14.0. The molecule has 1 rings (SSSR count). The maximum absolute atomic E-state index is 13.6. The molecule has 1 heterocycles. The first-order valence-electron chi connectivity index (χ1n) is 10.8. The number of hydrogen-bond acceptors (Lipinski definition) is 5. The number of aliphatic carboxylic acids is 1. The van der Waals surface area contributed by atoms with E-state index in [1.165, 1.54) is 6.92 Å². The van der Waals surface area contributed by atoms with E-state index in [0.29, 0.717) is 0 Å². The van der Waals surface area contributed by atoms with E-state index in [4.69, 9.17) is 0 Å². The summed E-state index contributed by atoms with van der Waals surface area (Å²) in [5.41, 5.74) is -0.323. The average Bonchev–Trinajstić information content (AvgIpc) is 2.60. The predicted molar refractivity (Wildman–Crippen MR) is 127 cm³/mol. The number of nitrogens with one attached hydrogen (secondary N) is 1. The van der Waals surface area contributed by atoms with Gasteiger partial charge in [0.15, 0.2) is 0 Å². The van der Waals surface area contributed by atoms with Crippen molar-refractivity contribution in [2.24, 2.45) is 11.3 Å². The predicted octanol–water partition coefficient (Wildman–Crippen LogP) is 2.86. The van der Waals surface area contributed by atoms with Gasteiger partial charge in [0.05, 0.1) is 6.04 Å². The highest BCUT2D eigenvalue weighted by Gasteiger charge is 2.44. The van der Waals surface area contributed by atoms with Crippen LogP contribution in [0.4, 0.5) is 0 Å². The molecule has 31 heavy (non-hydrogen) atoms. The minimum atomic E-state index is -1.01. The van der Waals surface area contributed by atoms with Crippen LogP contribution in [0.5, 0.6) is 0 Å². The van der Waals surface area contributed by atoms with Crippen molar-refractivity contribution in [1.82, 2.24) is 15.1 Å². The second-order valence-corrected chi connectivity index (χ2v) is 12.2. The molecule has 7 nitrogen and oxygen atoms in total. The molecule has 0 saturated carbocycles. The van der Waals surface area contributed by atoms with E-state index in [1.54, 1.807) is 29.8 Å². The fraction of sp³-hybridized carbons (Fsp3) is 0.783. The Bertz CT molecular complexity index is 712. The molecule has 0 aromatic carbocycles. The Balaban J connectivity index is 3.21. The SMILES string of the molecule is C/C(=C\[C@H](C(C)C)N(C)C(=O)[C@@H](NC(=O)[C@@H]1N(C)CCSC1(C)C)C(C)(C)C)C(=O)O. The molecule has 0 spiro atoms. The van der Waals surface area contributed by atoms with E-state index in [1.807, 2.05) is 41.7 Å². The van der Waals surface area contributed by atoms with Crippen LogP contribution in [0.2, 0.25) is 0 Å². The van der Waals surface area contributed by atoms with Crippen molar-refractivity contribution in [3.05, 3.63) is 11.6 Å². The van der Waals surface area contributed by atoms with Crippen molar-refractivity contribution in [2.45, 2.75) is 78.3 Å². The van der Waals surface area contributed by atoms with Crippen LogP contribution in [0.15, 0.2) is 11.6 Å². The lowest BCUT2D eigenvalue weighted by molar-refractivity contribution is -0.141. The fourth-order valence-corrected chi connectivity index (χ4v) is 5.36. The van der Waals surface area contributed by atoms with Crippen molar-refractivity contribution >= 4 is 29.5 Å². The van der Waals surface area contributed by atoms with Crippen LogP contribution in [-0.4, -0.2) is 82.0 Å². The molecule has 1 aliphatic heterocycles. The zero-order valence-electron chi connectivity index (χ0n) is 20.8. The summed E-state index contributed by atoms with van der Waals surface area (Å²) in [5, 5.41) is 12.3. The molecule has 2 amide bonds. The van der Waals surface area contributed by atoms with Crippen molar-refractivity contribution in [1.29, 1.82) is 0 Å². The van der Waals surface area contributed by atoms with E-state index in [-0.39, 0.29) is 34.1 Å². The highest BCUT2D eigenvalue weighted by Crippen LogP contribution is 2.35. The molecule has 0 unspecified atom stereocenters. The largest absolute Gasteiger partial charge is 0.478 e. The molecular weight excluding hydrogens is 414 g/mol. The Hall–Kier alpha value is -1.54. The number of rotatable bonds is 7. The van der Waals surface area contributed by atoms with Gasteiger partial charge in [-0.05, 0) is 39.2 Å². The Morgan fingerprint density at radius 3 is 2.23 bits per heavy atom. The van der Waals surface area contributed by atoms with Crippen LogP contribution in [0.3, 0.4) is 0 Å². The minimum Gasteiger partial charge on any atom is -0.478 e. The van der Waals surface area contributed by atoms with Crippen LogP contribution in [0.25, 0.3) is 0 Å². The molecule has 0 aromatic heterocycles. The Morgan fingerprint density at radius 2 is 1.81 bits per heavy atom. The maximum atomic E-state index is 13.6. The summed E-state index contributed by atoms with van der Waals surface area (Å²) in [6, 6.07) is -1.47. The third-order valence-corrected chi connectivity index (χ3v) is 7.26. The highest BCUT2D eigenvalue weighted by atomic mass is 32.2. The number of carboxylic acids is 1. The monoisotopic (exact) mass is 455 g/mol. The number of thioether (sulfide) groups is 1. The lowest BCUT2D eigenvalue weighted by Gasteiger charge is -2.44. The average molecular weight is 456 g/mol. The zero-order valence-corrected chi connectivity index (χ0v) is 21.6. The second kappa shape index (κ2) is 10.4. The second-order valence-electron chi connectivity index (χ2n) is 10.5. The standard InChI is InChI=1S/C23H41N3O4S/c1-14(2)16(13-15(3)21(29)30)26(10)20(28)17(22(4,5)6)24-19(27)18-23(7,8)31-12-11-25(18)9/h13-14,16-18H,11-12H2,1-10H3,(H,24,27)(H,29,30)/b15-13+/t16-,17-,18+/m1/s1. The van der Waals surface area contributed by atoms with Gasteiger partial charge in [-0.3, -0.25) is 14.5 Å². The molecule has 178 valence electrons. The Labute approximate surface area is 192 Å². The van der Waals surface area contributed by atoms with E-state index in [2.05, 4.69) is 24.1 Å². The van der Waals surface area contributed by atoms with Crippen molar-refractivity contribution in [3.63, 3.8) is 0 Å². The summed E-state index contributed by atoms with van der Waals surface area (Å²) in [4.78, 5) is 41.9. The molecule has 0 aliphatic carbocycles. The number of carbonyl (C=O) groups excluding carboxylic acids is 2. The number of carbonyl (C=O) groups is 3. The number of nitrogens with zero attached hydrogens (tertiary/aromatic N) is 2. The summed E-state index contributed by atoms with van der Waals surface area (Å²) in [6.07, 6.45) is 1.61. The summed E-state index contributed by atoms with van der Waals surface area (Å²) in [5.74, 6) is -0.410. The first-order valence-corrected chi connectivity index (χ1v) is 11.8. The molecular formula is C23H41N3O4S.